The molecule has 0 aliphatic rings. The lowest BCUT2D eigenvalue weighted by Crippen LogP contribution is -2.25. The zero-order valence-electron chi connectivity index (χ0n) is 16.3. The fourth-order valence-corrected chi connectivity index (χ4v) is 2.67. The fourth-order valence-electron chi connectivity index (χ4n) is 2.45. The highest BCUT2D eigenvalue weighted by Gasteiger charge is 2.13. The number of halogens is 2. The van der Waals surface area contributed by atoms with Crippen molar-refractivity contribution in [3.63, 3.8) is 0 Å². The minimum absolute atomic E-state index is 0. The van der Waals surface area contributed by atoms with Gasteiger partial charge in [-0.05, 0) is 30.8 Å². The Morgan fingerprint density at radius 2 is 1.90 bits per heavy atom. The molecule has 2 aromatic carbocycles. The number of hydrogen-bond acceptors (Lipinski definition) is 6. The van der Waals surface area contributed by atoms with Crippen LogP contribution in [0.1, 0.15) is 18.0 Å². The van der Waals surface area contributed by atoms with Gasteiger partial charge in [0, 0.05) is 38.7 Å². The lowest BCUT2D eigenvalue weighted by atomic mass is 10.0. The highest BCUT2D eigenvalue weighted by atomic mass is 35.5. The van der Waals surface area contributed by atoms with Gasteiger partial charge in [0.1, 0.15) is 11.5 Å². The van der Waals surface area contributed by atoms with Gasteiger partial charge in [-0.15, -0.1) is 12.4 Å². The molecule has 0 spiro atoms. The van der Waals surface area contributed by atoms with Gasteiger partial charge in [-0.2, -0.15) is 0 Å². The van der Waals surface area contributed by atoms with Crippen molar-refractivity contribution in [1.82, 2.24) is 10.2 Å². The highest BCUT2D eigenvalue weighted by molar-refractivity contribution is 6.32. The molecule has 0 fully saturated rings. The van der Waals surface area contributed by atoms with Gasteiger partial charge in [-0.3, -0.25) is 10.1 Å². The second kappa shape index (κ2) is 11.5. The molecule has 0 bridgehead atoms. The summed E-state index contributed by atoms with van der Waals surface area (Å²) < 4.78 is 10.9. The average Bonchev–Trinajstić information content (AvgIpc) is 2.67. The van der Waals surface area contributed by atoms with E-state index in [0.29, 0.717) is 24.5 Å². The van der Waals surface area contributed by atoms with Crippen molar-refractivity contribution in [2.45, 2.75) is 12.5 Å². The number of benzene rings is 2. The van der Waals surface area contributed by atoms with Crippen LogP contribution >= 0.6 is 24.0 Å². The Balaban J connectivity index is 0.00000420. The van der Waals surface area contributed by atoms with Crippen LogP contribution < -0.4 is 14.8 Å². The number of carbonyl (C=O) groups is 1. The first kappa shape index (κ1) is 24.5. The predicted octanol–water partition coefficient (Wildman–Crippen LogP) is 4.46. The van der Waals surface area contributed by atoms with Crippen molar-refractivity contribution < 1.29 is 19.2 Å². The van der Waals surface area contributed by atoms with E-state index in [1.807, 2.05) is 19.2 Å². The molecule has 0 aliphatic carbocycles. The summed E-state index contributed by atoms with van der Waals surface area (Å²) in [5.74, 6) is 0.860. The van der Waals surface area contributed by atoms with Crippen LogP contribution in [0.25, 0.3) is 0 Å². The van der Waals surface area contributed by atoms with Gasteiger partial charge in [0.05, 0.1) is 16.6 Å². The Labute approximate surface area is 180 Å². The first-order valence-corrected chi connectivity index (χ1v) is 8.92. The Hall–Kier alpha value is -2.55. The molecule has 1 amide bonds. The number of non-ortho nitro benzene ring substituents is 1. The summed E-state index contributed by atoms with van der Waals surface area (Å²) in [7, 11) is 5.07. The third kappa shape index (κ3) is 7.08. The number of carbonyl (C=O) groups excluding carboxylic acids is 1. The molecule has 2 rings (SSSR count). The van der Waals surface area contributed by atoms with Crippen LogP contribution in [0.3, 0.4) is 0 Å². The molecule has 0 unspecified atom stereocenters. The van der Waals surface area contributed by atoms with E-state index in [1.54, 1.807) is 26.2 Å². The smallest absolute Gasteiger partial charge is 0.414 e. The molecular formula is C19H23Cl2N3O5. The van der Waals surface area contributed by atoms with E-state index in [1.165, 1.54) is 23.1 Å². The molecule has 29 heavy (non-hydrogen) atoms. The Bertz CT molecular complexity index is 831. The van der Waals surface area contributed by atoms with Gasteiger partial charge in [-0.1, -0.05) is 23.7 Å². The first-order chi connectivity index (χ1) is 13.3. The normalized spacial score (nSPS) is 11.2. The second-order valence-corrected chi connectivity index (χ2v) is 6.59. The molecule has 10 heteroatoms. The van der Waals surface area contributed by atoms with Gasteiger partial charge in [0.2, 0.25) is 0 Å². The third-order valence-corrected chi connectivity index (χ3v) is 4.29. The Morgan fingerprint density at radius 3 is 2.41 bits per heavy atom. The molecule has 0 aromatic heterocycles. The maximum Gasteiger partial charge on any atom is 0.414 e. The maximum atomic E-state index is 11.6. The fraction of sp³-hybridized carbons (Fsp3) is 0.316. The molecule has 158 valence electrons. The van der Waals surface area contributed by atoms with E-state index in [0.717, 1.165) is 5.56 Å². The lowest BCUT2D eigenvalue weighted by Gasteiger charge is -2.18. The lowest BCUT2D eigenvalue weighted by molar-refractivity contribution is -0.384. The molecule has 1 atom stereocenters. The van der Waals surface area contributed by atoms with Crippen molar-refractivity contribution in [1.29, 1.82) is 0 Å². The largest absolute Gasteiger partial charge is 0.492 e. The van der Waals surface area contributed by atoms with Crippen molar-refractivity contribution in [3.8, 4) is 11.5 Å². The van der Waals surface area contributed by atoms with Crippen molar-refractivity contribution in [3.05, 3.63) is 63.2 Å². The topological polar surface area (TPSA) is 93.9 Å². The highest BCUT2D eigenvalue weighted by Crippen LogP contribution is 2.29. The molecule has 0 radical (unpaired) electrons. The average molecular weight is 444 g/mol. The molecular weight excluding hydrogens is 421 g/mol. The number of nitrogens with zero attached hydrogens (tertiary/aromatic N) is 2. The van der Waals surface area contributed by atoms with Gasteiger partial charge in [0.25, 0.3) is 5.69 Å². The number of nitro groups is 1. The molecule has 0 saturated heterocycles. The maximum absolute atomic E-state index is 11.6. The third-order valence-electron chi connectivity index (χ3n) is 3.99. The van der Waals surface area contributed by atoms with Crippen LogP contribution in [0, 0.1) is 10.1 Å². The Morgan fingerprint density at radius 1 is 1.24 bits per heavy atom. The number of nitro benzene ring substituents is 1. The summed E-state index contributed by atoms with van der Waals surface area (Å²) in [4.78, 5) is 23.2. The zero-order chi connectivity index (χ0) is 20.7. The van der Waals surface area contributed by atoms with E-state index < -0.39 is 11.0 Å². The quantitative estimate of drug-likeness (QED) is 0.477. The summed E-state index contributed by atoms with van der Waals surface area (Å²) in [6, 6.07) is 11.3. The van der Waals surface area contributed by atoms with Gasteiger partial charge in [0.15, 0.2) is 0 Å². The Kier molecular flexibility index (Phi) is 9.67. The minimum atomic E-state index is -0.508. The number of amides is 1. The van der Waals surface area contributed by atoms with Crippen LogP contribution in [-0.4, -0.2) is 43.7 Å². The molecule has 2 aromatic rings. The van der Waals surface area contributed by atoms with E-state index in [2.05, 4.69) is 5.32 Å². The molecule has 0 saturated carbocycles. The van der Waals surface area contributed by atoms with Crippen LogP contribution in [0.2, 0.25) is 5.02 Å². The summed E-state index contributed by atoms with van der Waals surface area (Å²) in [5, 5.41) is 14.1. The van der Waals surface area contributed by atoms with E-state index >= 15 is 0 Å². The van der Waals surface area contributed by atoms with Crippen LogP contribution in [0.4, 0.5) is 10.5 Å². The van der Waals surface area contributed by atoms with Crippen molar-refractivity contribution in [2.24, 2.45) is 0 Å². The summed E-state index contributed by atoms with van der Waals surface area (Å²) in [6.45, 7) is 0.362. The number of ether oxygens (including phenoxy) is 2. The number of nitrogens with one attached hydrogen (secondary N) is 1. The van der Waals surface area contributed by atoms with Crippen LogP contribution in [0.5, 0.6) is 11.5 Å². The van der Waals surface area contributed by atoms with Gasteiger partial charge < -0.3 is 19.7 Å². The predicted molar refractivity (Wildman–Crippen MR) is 113 cm³/mol. The molecule has 1 N–H and O–H groups in total. The zero-order valence-corrected chi connectivity index (χ0v) is 17.8. The monoisotopic (exact) mass is 443 g/mol. The van der Waals surface area contributed by atoms with Crippen LogP contribution in [-0.2, 0) is 0 Å². The first-order valence-electron chi connectivity index (χ1n) is 8.55. The van der Waals surface area contributed by atoms with Crippen molar-refractivity contribution >= 4 is 35.8 Å². The summed E-state index contributed by atoms with van der Waals surface area (Å²) in [5.41, 5.74) is 0.922. The van der Waals surface area contributed by atoms with E-state index in [-0.39, 0.29) is 29.2 Å². The molecule has 0 aliphatic heterocycles. The summed E-state index contributed by atoms with van der Waals surface area (Å²) in [6.07, 6.45) is 0.201. The van der Waals surface area contributed by atoms with Gasteiger partial charge >= 0.3 is 6.09 Å². The second-order valence-electron chi connectivity index (χ2n) is 6.18. The van der Waals surface area contributed by atoms with E-state index in [9.17, 15) is 14.9 Å². The summed E-state index contributed by atoms with van der Waals surface area (Å²) >= 11 is 6.03. The van der Waals surface area contributed by atoms with Gasteiger partial charge in [-0.25, -0.2) is 4.79 Å². The molecule has 0 heterocycles. The minimum Gasteiger partial charge on any atom is -0.492 e. The molecule has 8 nitrogen and oxygen atoms in total. The SMILES string of the molecule is CN[C@H](CCOc1ccc([N+](=O)[O-])cc1Cl)c1ccc(OC(=O)N(C)C)cc1.Cl. The number of hydrogen-bond donors (Lipinski definition) is 1. The van der Waals surface area contributed by atoms with Crippen LogP contribution in [0.15, 0.2) is 42.5 Å². The number of rotatable bonds is 8. The van der Waals surface area contributed by atoms with E-state index in [4.69, 9.17) is 21.1 Å². The standard InChI is InChI=1S/C19H22ClN3O5.ClH/c1-21-17(13-4-7-15(8-5-13)28-19(24)22(2)3)10-11-27-18-9-6-14(23(25)26)12-16(18)20;/h4-9,12,17,21H,10-11H2,1-3H3;1H/t17-;/m1./s1. The van der Waals surface area contributed by atoms with Crippen molar-refractivity contribution in [2.75, 3.05) is 27.7 Å².